The van der Waals surface area contributed by atoms with Crippen molar-refractivity contribution in [1.82, 2.24) is 10.3 Å². The maximum atomic E-state index is 12.1. The predicted molar refractivity (Wildman–Crippen MR) is 77.6 cm³/mol. The van der Waals surface area contributed by atoms with Crippen LogP contribution in [0.3, 0.4) is 0 Å². The van der Waals surface area contributed by atoms with Crippen LogP contribution in [-0.4, -0.2) is 24.5 Å². The topological polar surface area (TPSA) is 54.0 Å². The molecule has 1 heterocycles. The fraction of sp³-hybridized carbons (Fsp3) is 0.571. The fourth-order valence-corrected chi connectivity index (χ4v) is 2.39. The largest absolute Gasteiger partial charge is 0.373 e. The lowest BCUT2D eigenvalue weighted by atomic mass is 9.92. The zero-order valence-corrected chi connectivity index (χ0v) is 12.3. The fourth-order valence-electron chi connectivity index (χ4n) is 2.20. The Morgan fingerprint density at radius 2 is 2.16 bits per heavy atom. The number of carbonyl (C=O) groups excluding carboxylic acids is 1. The van der Waals surface area contributed by atoms with Crippen LogP contribution in [0.1, 0.15) is 37.2 Å². The smallest absolute Gasteiger partial charge is 0.271 e. The summed E-state index contributed by atoms with van der Waals surface area (Å²) in [5.74, 6) is 1.02. The van der Waals surface area contributed by atoms with Gasteiger partial charge in [0.05, 0.1) is 5.02 Å². The van der Waals surface area contributed by atoms with Gasteiger partial charge in [0.15, 0.2) is 0 Å². The molecule has 0 atom stereocenters. The van der Waals surface area contributed by atoms with Gasteiger partial charge in [0.2, 0.25) is 0 Å². The molecule has 1 amide bonds. The lowest BCUT2D eigenvalue weighted by Gasteiger charge is -2.20. The molecule has 0 bridgehead atoms. The number of pyridine rings is 1. The number of nitrogens with one attached hydrogen (secondary N) is 2. The van der Waals surface area contributed by atoms with Crippen molar-refractivity contribution in [3.05, 3.63) is 22.8 Å². The first-order valence-electron chi connectivity index (χ1n) is 6.61. The predicted octanol–water partition coefficient (Wildman–Crippen LogP) is 2.94. The zero-order chi connectivity index (χ0) is 14.0. The SMILES string of the molecule is CNc1ccc(Cl)c(C(=O)NCC2(C(C)C)CC2)n1. The molecule has 0 radical (unpaired) electrons. The molecular formula is C14H20ClN3O. The summed E-state index contributed by atoms with van der Waals surface area (Å²) in [6.07, 6.45) is 2.37. The number of nitrogens with zero attached hydrogens (tertiary/aromatic N) is 1. The zero-order valence-electron chi connectivity index (χ0n) is 11.6. The number of carbonyl (C=O) groups is 1. The molecule has 2 rings (SSSR count). The van der Waals surface area contributed by atoms with Crippen LogP contribution in [0.5, 0.6) is 0 Å². The van der Waals surface area contributed by atoms with Crippen LogP contribution in [0.4, 0.5) is 5.82 Å². The summed E-state index contributed by atoms with van der Waals surface area (Å²) in [6, 6.07) is 3.43. The third-order valence-corrected chi connectivity index (χ3v) is 4.34. The first-order valence-corrected chi connectivity index (χ1v) is 6.99. The van der Waals surface area contributed by atoms with Crippen LogP contribution in [0.25, 0.3) is 0 Å². The molecule has 0 spiro atoms. The summed E-state index contributed by atoms with van der Waals surface area (Å²) in [4.78, 5) is 16.3. The van der Waals surface area contributed by atoms with Gasteiger partial charge in [-0.2, -0.15) is 0 Å². The molecule has 19 heavy (non-hydrogen) atoms. The van der Waals surface area contributed by atoms with E-state index in [1.165, 1.54) is 12.8 Å². The second kappa shape index (κ2) is 5.37. The van der Waals surface area contributed by atoms with Crippen LogP contribution >= 0.6 is 11.6 Å². The van der Waals surface area contributed by atoms with Gasteiger partial charge in [-0.15, -0.1) is 0 Å². The van der Waals surface area contributed by atoms with E-state index in [0.29, 0.717) is 23.3 Å². The molecular weight excluding hydrogens is 262 g/mol. The molecule has 0 saturated heterocycles. The van der Waals surface area contributed by atoms with Crippen LogP contribution in [0, 0.1) is 11.3 Å². The summed E-state index contributed by atoms with van der Waals surface area (Å²) < 4.78 is 0. The maximum absolute atomic E-state index is 12.1. The third-order valence-electron chi connectivity index (χ3n) is 4.04. The van der Waals surface area contributed by atoms with Crippen molar-refractivity contribution in [2.75, 3.05) is 18.9 Å². The summed E-state index contributed by atoms with van der Waals surface area (Å²) in [5.41, 5.74) is 0.566. The number of hydrogen-bond acceptors (Lipinski definition) is 3. The van der Waals surface area contributed by atoms with Gasteiger partial charge >= 0.3 is 0 Å². The number of amides is 1. The minimum Gasteiger partial charge on any atom is -0.373 e. The van der Waals surface area contributed by atoms with Crippen molar-refractivity contribution < 1.29 is 4.79 Å². The minimum atomic E-state index is -0.200. The Morgan fingerprint density at radius 3 is 2.68 bits per heavy atom. The normalized spacial score (nSPS) is 16.3. The molecule has 4 nitrogen and oxygen atoms in total. The van der Waals surface area contributed by atoms with E-state index in [1.807, 2.05) is 0 Å². The molecule has 1 aliphatic carbocycles. The molecule has 0 aromatic carbocycles. The van der Waals surface area contributed by atoms with E-state index in [4.69, 9.17) is 11.6 Å². The molecule has 1 saturated carbocycles. The van der Waals surface area contributed by atoms with E-state index in [-0.39, 0.29) is 17.0 Å². The molecule has 1 aliphatic rings. The van der Waals surface area contributed by atoms with E-state index in [0.717, 1.165) is 0 Å². The number of halogens is 1. The van der Waals surface area contributed by atoms with Gasteiger partial charge in [-0.25, -0.2) is 4.98 Å². The monoisotopic (exact) mass is 281 g/mol. The highest BCUT2D eigenvalue weighted by Crippen LogP contribution is 2.51. The van der Waals surface area contributed by atoms with E-state index >= 15 is 0 Å². The molecule has 0 aliphatic heterocycles. The highest BCUT2D eigenvalue weighted by Gasteiger charge is 2.45. The highest BCUT2D eigenvalue weighted by molar-refractivity contribution is 6.33. The van der Waals surface area contributed by atoms with Crippen LogP contribution in [0.15, 0.2) is 12.1 Å². The molecule has 1 fully saturated rings. The van der Waals surface area contributed by atoms with Crippen molar-refractivity contribution in [2.24, 2.45) is 11.3 Å². The Bertz CT molecular complexity index is 484. The second-order valence-corrected chi connectivity index (χ2v) is 5.88. The molecule has 104 valence electrons. The molecule has 1 aromatic heterocycles. The molecule has 0 unspecified atom stereocenters. The van der Waals surface area contributed by atoms with E-state index in [1.54, 1.807) is 19.2 Å². The number of aromatic nitrogens is 1. The van der Waals surface area contributed by atoms with Gasteiger partial charge in [0.1, 0.15) is 11.5 Å². The Hall–Kier alpha value is -1.29. The molecule has 5 heteroatoms. The van der Waals surface area contributed by atoms with Crippen molar-refractivity contribution >= 4 is 23.3 Å². The van der Waals surface area contributed by atoms with Crippen LogP contribution in [-0.2, 0) is 0 Å². The van der Waals surface area contributed by atoms with Gasteiger partial charge in [0.25, 0.3) is 5.91 Å². The Balaban J connectivity index is 2.04. The van der Waals surface area contributed by atoms with E-state index in [2.05, 4.69) is 29.5 Å². The third kappa shape index (κ3) is 3.00. The minimum absolute atomic E-state index is 0.200. The lowest BCUT2D eigenvalue weighted by Crippen LogP contribution is -2.33. The first-order chi connectivity index (χ1) is 8.98. The summed E-state index contributed by atoms with van der Waals surface area (Å²) in [7, 11) is 1.76. The van der Waals surface area contributed by atoms with Gasteiger partial charge < -0.3 is 10.6 Å². The Kier molecular flexibility index (Phi) is 3.99. The quantitative estimate of drug-likeness (QED) is 0.872. The summed E-state index contributed by atoms with van der Waals surface area (Å²) in [5, 5.41) is 6.24. The lowest BCUT2D eigenvalue weighted by molar-refractivity contribution is 0.0935. The van der Waals surface area contributed by atoms with Gasteiger partial charge in [-0.3, -0.25) is 4.79 Å². The highest BCUT2D eigenvalue weighted by atomic mass is 35.5. The Morgan fingerprint density at radius 1 is 1.47 bits per heavy atom. The van der Waals surface area contributed by atoms with Crippen LogP contribution < -0.4 is 10.6 Å². The van der Waals surface area contributed by atoms with Gasteiger partial charge in [0, 0.05) is 13.6 Å². The Labute approximate surface area is 118 Å². The van der Waals surface area contributed by atoms with Crippen molar-refractivity contribution in [2.45, 2.75) is 26.7 Å². The average Bonchev–Trinajstić information content (AvgIpc) is 3.18. The van der Waals surface area contributed by atoms with Gasteiger partial charge in [-0.05, 0) is 36.3 Å². The standard InChI is InChI=1S/C14H20ClN3O/c1-9(2)14(6-7-14)8-17-13(19)12-10(15)4-5-11(16-3)18-12/h4-5,9H,6-8H2,1-3H3,(H,16,18)(H,17,19). The van der Waals surface area contributed by atoms with Gasteiger partial charge in [-0.1, -0.05) is 25.4 Å². The number of anilines is 1. The maximum Gasteiger partial charge on any atom is 0.271 e. The van der Waals surface area contributed by atoms with Crippen molar-refractivity contribution in [3.63, 3.8) is 0 Å². The van der Waals surface area contributed by atoms with Crippen LogP contribution in [0.2, 0.25) is 5.02 Å². The van der Waals surface area contributed by atoms with Crippen molar-refractivity contribution in [3.8, 4) is 0 Å². The second-order valence-electron chi connectivity index (χ2n) is 5.48. The average molecular weight is 282 g/mol. The summed E-state index contributed by atoms with van der Waals surface area (Å²) >= 11 is 6.03. The molecule has 1 aromatic rings. The number of hydrogen-bond donors (Lipinski definition) is 2. The summed E-state index contributed by atoms with van der Waals surface area (Å²) in [6.45, 7) is 5.10. The van der Waals surface area contributed by atoms with Crippen molar-refractivity contribution in [1.29, 1.82) is 0 Å². The molecule has 2 N–H and O–H groups in total. The first kappa shape index (κ1) is 14.1. The van der Waals surface area contributed by atoms with E-state index < -0.39 is 0 Å². The number of rotatable bonds is 5. The van der Waals surface area contributed by atoms with E-state index in [9.17, 15) is 4.79 Å².